The van der Waals surface area contributed by atoms with E-state index in [1.165, 1.54) is 11.8 Å². The quantitative estimate of drug-likeness (QED) is 0.881. The lowest BCUT2D eigenvalue weighted by atomic mass is 10.3. The van der Waals surface area contributed by atoms with E-state index in [2.05, 4.69) is 10.3 Å². The summed E-state index contributed by atoms with van der Waals surface area (Å²) >= 11 is 7.29. The Morgan fingerprint density at radius 1 is 1.53 bits per heavy atom. The summed E-state index contributed by atoms with van der Waals surface area (Å²) in [5.74, 6) is -0.0738. The second-order valence-electron chi connectivity index (χ2n) is 4.08. The molecule has 4 nitrogen and oxygen atoms in total. The maximum atomic E-state index is 12.0. The number of nitrogens with zero attached hydrogens (tertiary/aromatic N) is 2. The Balaban J connectivity index is 1.98. The van der Waals surface area contributed by atoms with Gasteiger partial charge in [-0.15, -0.1) is 0 Å². The normalized spacial score (nSPS) is 12.2. The fraction of sp³-hybridized carbons (Fsp3) is 0.231. The summed E-state index contributed by atoms with van der Waals surface area (Å²) < 4.78 is 1.88. The van der Waals surface area contributed by atoms with Gasteiger partial charge in [0, 0.05) is 30.2 Å². The summed E-state index contributed by atoms with van der Waals surface area (Å²) in [6.45, 7) is 1.85. The molecular formula is C13H14ClN3OS. The first-order valence-corrected chi connectivity index (χ1v) is 7.02. The van der Waals surface area contributed by atoms with Crippen LogP contribution in [-0.4, -0.2) is 20.7 Å². The third-order valence-electron chi connectivity index (χ3n) is 2.52. The van der Waals surface area contributed by atoms with Crippen LogP contribution in [0.2, 0.25) is 5.02 Å². The topological polar surface area (TPSA) is 46.9 Å². The molecule has 0 fully saturated rings. The molecule has 6 heteroatoms. The van der Waals surface area contributed by atoms with Gasteiger partial charge in [0.2, 0.25) is 5.91 Å². The SMILES string of the molecule is C[C@@H](Sc1nccn1C)C(=O)Nc1cccc(Cl)c1. The molecule has 0 radical (unpaired) electrons. The van der Waals surface area contributed by atoms with Crippen LogP contribution in [0.25, 0.3) is 0 Å². The monoisotopic (exact) mass is 295 g/mol. The molecule has 0 spiro atoms. The standard InChI is InChI=1S/C13H14ClN3OS/c1-9(19-13-15-6-7-17(13)2)12(18)16-11-5-3-4-10(14)8-11/h3-9H,1-2H3,(H,16,18)/t9-/m1/s1. The molecule has 0 saturated carbocycles. The minimum atomic E-state index is -0.236. The Bertz CT molecular complexity index is 585. The Kier molecular flexibility index (Phi) is 4.50. The number of aryl methyl sites for hydroxylation is 1. The maximum absolute atomic E-state index is 12.0. The summed E-state index contributed by atoms with van der Waals surface area (Å²) in [5, 5.41) is 4.01. The number of aromatic nitrogens is 2. The first-order valence-electron chi connectivity index (χ1n) is 5.76. The molecule has 2 aromatic rings. The van der Waals surface area contributed by atoms with Crippen molar-refractivity contribution in [1.29, 1.82) is 0 Å². The van der Waals surface area contributed by atoms with Crippen LogP contribution in [0, 0.1) is 0 Å². The first-order chi connectivity index (χ1) is 9.06. The zero-order valence-corrected chi connectivity index (χ0v) is 12.2. The number of nitrogens with one attached hydrogen (secondary N) is 1. The number of imidazole rings is 1. The van der Waals surface area contributed by atoms with E-state index in [0.717, 1.165) is 5.16 Å². The van der Waals surface area contributed by atoms with Crippen molar-refractivity contribution in [2.24, 2.45) is 7.05 Å². The molecule has 0 aliphatic heterocycles. The highest BCUT2D eigenvalue weighted by molar-refractivity contribution is 8.00. The molecule has 0 saturated heterocycles. The van der Waals surface area contributed by atoms with Crippen LogP contribution >= 0.6 is 23.4 Å². The van der Waals surface area contributed by atoms with Crippen LogP contribution in [0.15, 0.2) is 41.8 Å². The highest BCUT2D eigenvalue weighted by Crippen LogP contribution is 2.22. The summed E-state index contributed by atoms with van der Waals surface area (Å²) in [6.07, 6.45) is 3.56. The van der Waals surface area contributed by atoms with Crippen molar-refractivity contribution in [3.8, 4) is 0 Å². The molecule has 19 heavy (non-hydrogen) atoms. The molecule has 1 amide bonds. The lowest BCUT2D eigenvalue weighted by Gasteiger charge is -2.11. The summed E-state index contributed by atoms with van der Waals surface area (Å²) in [7, 11) is 1.90. The molecule has 0 aliphatic rings. The van der Waals surface area contributed by atoms with Gasteiger partial charge in [0.15, 0.2) is 5.16 Å². The molecule has 1 aromatic carbocycles. The van der Waals surface area contributed by atoms with Crippen molar-refractivity contribution in [3.05, 3.63) is 41.7 Å². The number of rotatable bonds is 4. The Morgan fingerprint density at radius 2 is 2.32 bits per heavy atom. The zero-order valence-electron chi connectivity index (χ0n) is 10.6. The Morgan fingerprint density at radius 3 is 2.95 bits per heavy atom. The number of hydrogen-bond donors (Lipinski definition) is 1. The van der Waals surface area contributed by atoms with Gasteiger partial charge in [-0.05, 0) is 25.1 Å². The smallest absolute Gasteiger partial charge is 0.237 e. The van der Waals surface area contributed by atoms with Crippen molar-refractivity contribution >= 4 is 35.0 Å². The molecular weight excluding hydrogens is 282 g/mol. The second kappa shape index (κ2) is 6.12. The van der Waals surface area contributed by atoms with Crippen LogP contribution in [0.4, 0.5) is 5.69 Å². The third-order valence-corrected chi connectivity index (χ3v) is 3.93. The van der Waals surface area contributed by atoms with E-state index < -0.39 is 0 Å². The van der Waals surface area contributed by atoms with Gasteiger partial charge in [0.05, 0.1) is 5.25 Å². The number of hydrogen-bond acceptors (Lipinski definition) is 3. The van der Waals surface area contributed by atoms with Gasteiger partial charge < -0.3 is 9.88 Å². The van der Waals surface area contributed by atoms with Gasteiger partial charge in [-0.3, -0.25) is 4.79 Å². The van der Waals surface area contributed by atoms with E-state index in [0.29, 0.717) is 10.7 Å². The zero-order chi connectivity index (χ0) is 13.8. The highest BCUT2D eigenvalue weighted by atomic mass is 35.5. The van der Waals surface area contributed by atoms with Crippen molar-refractivity contribution < 1.29 is 4.79 Å². The van der Waals surface area contributed by atoms with E-state index in [4.69, 9.17) is 11.6 Å². The summed E-state index contributed by atoms with van der Waals surface area (Å²) in [5.41, 5.74) is 0.699. The van der Waals surface area contributed by atoms with Gasteiger partial charge in [-0.25, -0.2) is 4.98 Å². The fourth-order valence-corrected chi connectivity index (χ4v) is 2.51. The predicted molar refractivity (Wildman–Crippen MR) is 78.6 cm³/mol. The summed E-state index contributed by atoms with van der Waals surface area (Å²) in [4.78, 5) is 16.2. The van der Waals surface area contributed by atoms with Gasteiger partial charge in [-0.2, -0.15) is 0 Å². The highest BCUT2D eigenvalue weighted by Gasteiger charge is 2.16. The molecule has 2 rings (SSSR count). The lowest BCUT2D eigenvalue weighted by Crippen LogP contribution is -2.22. The van der Waals surface area contributed by atoms with E-state index in [1.807, 2.05) is 30.8 Å². The largest absolute Gasteiger partial charge is 0.329 e. The molecule has 1 aromatic heterocycles. The molecule has 1 heterocycles. The number of carbonyl (C=O) groups is 1. The molecule has 100 valence electrons. The Hall–Kier alpha value is -1.46. The minimum absolute atomic E-state index is 0.0738. The van der Waals surface area contributed by atoms with Gasteiger partial charge >= 0.3 is 0 Å². The van der Waals surface area contributed by atoms with Crippen LogP contribution in [0.3, 0.4) is 0 Å². The third kappa shape index (κ3) is 3.75. The van der Waals surface area contributed by atoms with E-state index in [-0.39, 0.29) is 11.2 Å². The number of thioether (sulfide) groups is 1. The number of carbonyl (C=O) groups excluding carboxylic acids is 1. The van der Waals surface area contributed by atoms with E-state index >= 15 is 0 Å². The van der Waals surface area contributed by atoms with Crippen LogP contribution in [0.5, 0.6) is 0 Å². The molecule has 0 aliphatic carbocycles. The van der Waals surface area contributed by atoms with Gasteiger partial charge in [0.1, 0.15) is 0 Å². The Labute approximate surface area is 121 Å². The lowest BCUT2D eigenvalue weighted by molar-refractivity contribution is -0.115. The van der Waals surface area contributed by atoms with E-state index in [9.17, 15) is 4.79 Å². The molecule has 0 unspecified atom stereocenters. The van der Waals surface area contributed by atoms with Crippen molar-refractivity contribution in [1.82, 2.24) is 9.55 Å². The average Bonchev–Trinajstić information content (AvgIpc) is 2.75. The van der Waals surface area contributed by atoms with Crippen molar-refractivity contribution in [3.63, 3.8) is 0 Å². The number of anilines is 1. The molecule has 1 atom stereocenters. The van der Waals surface area contributed by atoms with Crippen LogP contribution in [0.1, 0.15) is 6.92 Å². The summed E-state index contributed by atoms with van der Waals surface area (Å²) in [6, 6.07) is 7.09. The first kappa shape index (κ1) is 14.0. The van der Waals surface area contributed by atoms with Gasteiger partial charge in [0.25, 0.3) is 0 Å². The fourth-order valence-electron chi connectivity index (χ4n) is 1.49. The van der Waals surface area contributed by atoms with Crippen molar-refractivity contribution in [2.45, 2.75) is 17.3 Å². The average molecular weight is 296 g/mol. The number of halogens is 1. The predicted octanol–water partition coefficient (Wildman–Crippen LogP) is 3.19. The second-order valence-corrected chi connectivity index (χ2v) is 5.82. The maximum Gasteiger partial charge on any atom is 0.237 e. The van der Waals surface area contributed by atoms with E-state index in [1.54, 1.807) is 24.4 Å². The number of amides is 1. The van der Waals surface area contributed by atoms with Gasteiger partial charge in [-0.1, -0.05) is 29.4 Å². The van der Waals surface area contributed by atoms with Crippen molar-refractivity contribution in [2.75, 3.05) is 5.32 Å². The van der Waals surface area contributed by atoms with Crippen LogP contribution < -0.4 is 5.32 Å². The number of benzene rings is 1. The van der Waals surface area contributed by atoms with Crippen LogP contribution in [-0.2, 0) is 11.8 Å². The molecule has 0 bridgehead atoms. The minimum Gasteiger partial charge on any atom is -0.329 e. The molecule has 1 N–H and O–H groups in total.